The SMILES string of the molecule is CN=C(NCc1cn2ccsc2n1)NC(C)c1ccc(OCC2CC2)c(F)c1. The van der Waals surface area contributed by atoms with E-state index in [1.165, 1.54) is 18.9 Å². The molecule has 4 rings (SSSR count). The maximum atomic E-state index is 14.3. The topological polar surface area (TPSA) is 63.0 Å². The summed E-state index contributed by atoms with van der Waals surface area (Å²) >= 11 is 1.60. The molecule has 0 aliphatic heterocycles. The van der Waals surface area contributed by atoms with Crippen molar-refractivity contribution in [1.82, 2.24) is 20.0 Å². The maximum absolute atomic E-state index is 14.3. The number of thiazole rings is 1. The van der Waals surface area contributed by atoms with Crippen molar-refractivity contribution in [2.75, 3.05) is 13.7 Å². The van der Waals surface area contributed by atoms with E-state index >= 15 is 0 Å². The van der Waals surface area contributed by atoms with Gasteiger partial charge in [0, 0.05) is 24.8 Å². The molecule has 1 aromatic carbocycles. The van der Waals surface area contributed by atoms with Gasteiger partial charge in [0.25, 0.3) is 0 Å². The normalized spacial score (nSPS) is 15.6. The van der Waals surface area contributed by atoms with Crippen molar-refractivity contribution >= 4 is 22.3 Å². The molecule has 3 aromatic rings. The molecule has 0 saturated heterocycles. The van der Waals surface area contributed by atoms with Crippen molar-refractivity contribution in [3.05, 3.63) is 53.0 Å². The van der Waals surface area contributed by atoms with Crippen LogP contribution in [0.15, 0.2) is 41.0 Å². The Kier molecular flexibility index (Phi) is 5.47. The lowest BCUT2D eigenvalue weighted by Gasteiger charge is -2.18. The van der Waals surface area contributed by atoms with E-state index in [0.717, 1.165) is 16.2 Å². The van der Waals surface area contributed by atoms with Crippen molar-refractivity contribution < 1.29 is 9.13 Å². The van der Waals surface area contributed by atoms with Gasteiger partial charge < -0.3 is 15.4 Å². The van der Waals surface area contributed by atoms with E-state index in [1.54, 1.807) is 24.5 Å². The quantitative estimate of drug-likeness (QED) is 0.468. The molecule has 2 aromatic heterocycles. The van der Waals surface area contributed by atoms with Gasteiger partial charge in [-0.1, -0.05) is 6.07 Å². The van der Waals surface area contributed by atoms with E-state index in [2.05, 4.69) is 20.6 Å². The third-order valence-electron chi connectivity index (χ3n) is 4.78. The summed E-state index contributed by atoms with van der Waals surface area (Å²) in [6, 6.07) is 5.01. The second-order valence-electron chi connectivity index (χ2n) is 7.06. The third kappa shape index (κ3) is 4.44. The number of hydrogen-bond donors (Lipinski definition) is 2. The monoisotopic (exact) mass is 401 g/mol. The van der Waals surface area contributed by atoms with E-state index in [4.69, 9.17) is 4.74 Å². The molecular formula is C20H24FN5OS. The molecule has 1 atom stereocenters. The molecule has 6 nitrogen and oxygen atoms in total. The van der Waals surface area contributed by atoms with E-state index < -0.39 is 0 Å². The molecule has 0 amide bonds. The number of halogens is 1. The van der Waals surface area contributed by atoms with Gasteiger partial charge >= 0.3 is 0 Å². The highest BCUT2D eigenvalue weighted by atomic mass is 32.1. The van der Waals surface area contributed by atoms with Crippen molar-refractivity contribution in [3.8, 4) is 5.75 Å². The number of guanidine groups is 1. The predicted molar refractivity (Wildman–Crippen MR) is 109 cm³/mol. The molecule has 1 fully saturated rings. The molecule has 8 heteroatoms. The fourth-order valence-electron chi connectivity index (χ4n) is 2.91. The number of imidazole rings is 1. The van der Waals surface area contributed by atoms with Crippen molar-refractivity contribution in [2.45, 2.75) is 32.4 Å². The van der Waals surface area contributed by atoms with Gasteiger partial charge in [-0.2, -0.15) is 0 Å². The van der Waals surface area contributed by atoms with E-state index in [1.807, 2.05) is 35.2 Å². The highest BCUT2D eigenvalue weighted by molar-refractivity contribution is 7.15. The second-order valence-corrected chi connectivity index (χ2v) is 7.93. The first kappa shape index (κ1) is 18.7. The van der Waals surface area contributed by atoms with Crippen molar-refractivity contribution in [3.63, 3.8) is 0 Å². The number of nitrogens with one attached hydrogen (secondary N) is 2. The van der Waals surface area contributed by atoms with Crippen LogP contribution in [0.4, 0.5) is 4.39 Å². The lowest BCUT2D eigenvalue weighted by molar-refractivity contribution is 0.285. The van der Waals surface area contributed by atoms with Gasteiger partial charge in [0.15, 0.2) is 22.5 Å². The smallest absolute Gasteiger partial charge is 0.193 e. The number of rotatable bonds is 7. The first-order valence-electron chi connectivity index (χ1n) is 9.43. The summed E-state index contributed by atoms with van der Waals surface area (Å²) in [5.74, 6) is 1.23. The summed E-state index contributed by atoms with van der Waals surface area (Å²) in [6.45, 7) is 3.13. The molecular weight excluding hydrogens is 377 g/mol. The standard InChI is InChI=1S/C20H24FN5OS/c1-13(15-5-6-18(17(21)9-15)27-12-14-3-4-14)24-19(22-2)23-10-16-11-26-7-8-28-20(26)25-16/h5-9,11,13-14H,3-4,10,12H2,1-2H3,(H2,22,23,24). The molecule has 0 bridgehead atoms. The van der Waals surface area contributed by atoms with E-state index in [-0.39, 0.29) is 11.9 Å². The first-order valence-corrected chi connectivity index (χ1v) is 10.3. The Morgan fingerprint density at radius 1 is 1.46 bits per heavy atom. The van der Waals surface area contributed by atoms with Crippen LogP contribution < -0.4 is 15.4 Å². The Morgan fingerprint density at radius 3 is 3.04 bits per heavy atom. The average Bonchev–Trinajstić information content (AvgIpc) is 3.28. The van der Waals surface area contributed by atoms with E-state index in [0.29, 0.717) is 30.8 Å². The summed E-state index contributed by atoms with van der Waals surface area (Å²) in [4.78, 5) is 9.76. The van der Waals surface area contributed by atoms with Gasteiger partial charge in [0.2, 0.25) is 0 Å². The zero-order chi connectivity index (χ0) is 19.5. The van der Waals surface area contributed by atoms with Gasteiger partial charge in [-0.3, -0.25) is 9.39 Å². The van der Waals surface area contributed by atoms with Crippen LogP contribution in [0.1, 0.15) is 37.1 Å². The van der Waals surface area contributed by atoms with Gasteiger partial charge in [0.1, 0.15) is 0 Å². The van der Waals surface area contributed by atoms with Gasteiger partial charge in [0.05, 0.1) is 24.9 Å². The van der Waals surface area contributed by atoms with E-state index in [9.17, 15) is 4.39 Å². The van der Waals surface area contributed by atoms with Crippen LogP contribution in [0.25, 0.3) is 4.96 Å². The molecule has 0 spiro atoms. The van der Waals surface area contributed by atoms with Crippen molar-refractivity contribution in [1.29, 1.82) is 0 Å². The molecule has 148 valence electrons. The lowest BCUT2D eigenvalue weighted by atomic mass is 10.1. The molecule has 28 heavy (non-hydrogen) atoms. The number of nitrogens with zero attached hydrogens (tertiary/aromatic N) is 3. The number of aromatic nitrogens is 2. The van der Waals surface area contributed by atoms with Crippen LogP contribution in [0, 0.1) is 11.7 Å². The summed E-state index contributed by atoms with van der Waals surface area (Å²) in [5, 5.41) is 8.54. The van der Waals surface area contributed by atoms with Crippen LogP contribution in [0.5, 0.6) is 5.75 Å². The zero-order valence-corrected chi connectivity index (χ0v) is 16.8. The first-order chi connectivity index (χ1) is 13.6. The Labute approximate surface area is 167 Å². The van der Waals surface area contributed by atoms with Crippen LogP contribution in [-0.4, -0.2) is 29.0 Å². The average molecular weight is 402 g/mol. The Bertz CT molecular complexity index is 950. The minimum Gasteiger partial charge on any atom is -0.490 e. The second kappa shape index (κ2) is 8.18. The Hall–Kier alpha value is -2.61. The molecule has 1 saturated carbocycles. The molecule has 1 aliphatic rings. The minimum atomic E-state index is -0.326. The summed E-state index contributed by atoms with van der Waals surface area (Å²) < 4.78 is 21.9. The molecule has 2 heterocycles. The lowest BCUT2D eigenvalue weighted by Crippen LogP contribution is -2.38. The summed E-state index contributed by atoms with van der Waals surface area (Å²) in [5.41, 5.74) is 1.77. The highest BCUT2D eigenvalue weighted by Crippen LogP contribution is 2.30. The van der Waals surface area contributed by atoms with Crippen LogP contribution in [-0.2, 0) is 6.54 Å². The minimum absolute atomic E-state index is 0.108. The Balaban J connectivity index is 1.33. The molecule has 1 aliphatic carbocycles. The number of hydrogen-bond acceptors (Lipinski definition) is 4. The number of fused-ring (bicyclic) bond motifs is 1. The van der Waals surface area contributed by atoms with Gasteiger partial charge in [-0.05, 0) is 43.4 Å². The van der Waals surface area contributed by atoms with Gasteiger partial charge in [-0.15, -0.1) is 11.3 Å². The molecule has 0 radical (unpaired) electrons. The fraction of sp³-hybridized carbons (Fsp3) is 0.400. The fourth-order valence-corrected chi connectivity index (χ4v) is 3.63. The van der Waals surface area contributed by atoms with Crippen LogP contribution in [0.2, 0.25) is 0 Å². The maximum Gasteiger partial charge on any atom is 0.193 e. The number of ether oxygens (including phenoxy) is 1. The molecule has 2 N–H and O–H groups in total. The molecule has 1 unspecified atom stereocenters. The van der Waals surface area contributed by atoms with Crippen molar-refractivity contribution in [2.24, 2.45) is 10.9 Å². The van der Waals surface area contributed by atoms with Crippen LogP contribution >= 0.6 is 11.3 Å². The van der Waals surface area contributed by atoms with Gasteiger partial charge in [-0.25, -0.2) is 9.37 Å². The third-order valence-corrected chi connectivity index (χ3v) is 5.56. The summed E-state index contributed by atoms with van der Waals surface area (Å²) in [7, 11) is 1.71. The predicted octanol–water partition coefficient (Wildman–Crippen LogP) is 3.75. The summed E-state index contributed by atoms with van der Waals surface area (Å²) in [6.07, 6.45) is 6.34. The number of aliphatic imine (C=N–C) groups is 1. The zero-order valence-electron chi connectivity index (χ0n) is 16.0. The Morgan fingerprint density at radius 2 is 2.32 bits per heavy atom. The highest BCUT2D eigenvalue weighted by Gasteiger charge is 2.22. The largest absolute Gasteiger partial charge is 0.490 e. The number of benzene rings is 1. The van der Waals surface area contributed by atoms with Crippen LogP contribution in [0.3, 0.4) is 0 Å².